The van der Waals surface area contributed by atoms with E-state index in [0.717, 1.165) is 29.0 Å². The molecule has 0 saturated heterocycles. The van der Waals surface area contributed by atoms with Gasteiger partial charge in [0, 0.05) is 26.1 Å². The molecule has 0 radical (unpaired) electrons. The second-order valence-corrected chi connectivity index (χ2v) is 10.5. The Morgan fingerprint density at radius 1 is 1.11 bits per heavy atom. The molecule has 2 aromatic rings. The molecule has 0 heterocycles. The fourth-order valence-electron chi connectivity index (χ4n) is 3.72. The van der Waals surface area contributed by atoms with Crippen molar-refractivity contribution in [2.45, 2.75) is 52.1 Å². The van der Waals surface area contributed by atoms with Gasteiger partial charge in [0.25, 0.3) is 0 Å². The molecule has 0 saturated carbocycles. The summed E-state index contributed by atoms with van der Waals surface area (Å²) in [6, 6.07) is 12.1. The third kappa shape index (κ3) is 8.51. The quantitative estimate of drug-likeness (QED) is 0.383. The Labute approximate surface area is 213 Å². The molecule has 0 aliphatic rings. The van der Waals surface area contributed by atoms with Gasteiger partial charge in [-0.3, -0.25) is 13.9 Å². The first-order chi connectivity index (χ1) is 17.1. The van der Waals surface area contributed by atoms with Crippen molar-refractivity contribution in [3.8, 4) is 5.75 Å². The maximum Gasteiger partial charge on any atom is 0.242 e. The predicted octanol–water partition coefficient (Wildman–Crippen LogP) is 3.71. The topological polar surface area (TPSA) is 96.0 Å². The number of ether oxygens (including phenoxy) is 1. The lowest BCUT2D eigenvalue weighted by atomic mass is 10.1. The van der Waals surface area contributed by atoms with Crippen LogP contribution in [-0.2, 0) is 26.2 Å². The SMILES string of the molecule is CCCCNC(=O)[C@@H](C)N(Cc1cccc(OC)c1)C(=O)CCCN(c1ccccc1F)S(C)(=O)=O. The van der Waals surface area contributed by atoms with Gasteiger partial charge in [-0.25, -0.2) is 12.8 Å². The second-order valence-electron chi connectivity index (χ2n) is 8.58. The van der Waals surface area contributed by atoms with Crippen LogP contribution in [0.5, 0.6) is 5.75 Å². The van der Waals surface area contributed by atoms with E-state index in [0.29, 0.717) is 12.3 Å². The summed E-state index contributed by atoms with van der Waals surface area (Å²) < 4.78 is 45.1. The largest absolute Gasteiger partial charge is 0.497 e. The molecule has 2 rings (SSSR count). The second kappa shape index (κ2) is 13.8. The molecule has 0 aliphatic heterocycles. The van der Waals surface area contributed by atoms with E-state index in [2.05, 4.69) is 5.32 Å². The lowest BCUT2D eigenvalue weighted by Crippen LogP contribution is -2.48. The van der Waals surface area contributed by atoms with Crippen LogP contribution in [-0.4, -0.2) is 57.6 Å². The fraction of sp³-hybridized carbons (Fsp3) is 0.462. The average molecular weight is 522 g/mol. The number of carbonyl (C=O) groups excluding carboxylic acids is 2. The van der Waals surface area contributed by atoms with E-state index in [-0.39, 0.29) is 43.4 Å². The summed E-state index contributed by atoms with van der Waals surface area (Å²) in [5.41, 5.74) is 0.726. The number of sulfonamides is 1. The van der Waals surface area contributed by atoms with Gasteiger partial charge >= 0.3 is 0 Å². The van der Waals surface area contributed by atoms with Crippen molar-refractivity contribution in [1.29, 1.82) is 0 Å². The molecule has 0 spiro atoms. The molecule has 1 N–H and O–H groups in total. The normalized spacial score (nSPS) is 12.0. The minimum Gasteiger partial charge on any atom is -0.497 e. The molecule has 0 aliphatic carbocycles. The van der Waals surface area contributed by atoms with Crippen LogP contribution in [0.3, 0.4) is 0 Å². The molecular weight excluding hydrogens is 485 g/mol. The van der Waals surface area contributed by atoms with E-state index < -0.39 is 21.9 Å². The van der Waals surface area contributed by atoms with Crippen molar-refractivity contribution in [3.05, 3.63) is 59.9 Å². The van der Waals surface area contributed by atoms with Crippen molar-refractivity contribution in [1.82, 2.24) is 10.2 Å². The molecule has 0 fully saturated rings. The zero-order valence-electron chi connectivity index (χ0n) is 21.4. The summed E-state index contributed by atoms with van der Waals surface area (Å²) >= 11 is 0. The van der Waals surface area contributed by atoms with Crippen molar-refractivity contribution in [3.63, 3.8) is 0 Å². The van der Waals surface area contributed by atoms with Crippen molar-refractivity contribution < 1.29 is 27.1 Å². The number of halogens is 1. The van der Waals surface area contributed by atoms with Crippen molar-refractivity contribution in [2.75, 3.05) is 30.8 Å². The number of amides is 2. The van der Waals surface area contributed by atoms with Gasteiger partial charge in [0.1, 0.15) is 17.6 Å². The first-order valence-electron chi connectivity index (χ1n) is 12.0. The van der Waals surface area contributed by atoms with Crippen LogP contribution >= 0.6 is 0 Å². The summed E-state index contributed by atoms with van der Waals surface area (Å²) in [6.07, 6.45) is 2.90. The highest BCUT2D eigenvalue weighted by molar-refractivity contribution is 7.92. The smallest absolute Gasteiger partial charge is 0.242 e. The van der Waals surface area contributed by atoms with Gasteiger partial charge in [-0.15, -0.1) is 0 Å². The van der Waals surface area contributed by atoms with Crippen LogP contribution in [0, 0.1) is 5.82 Å². The summed E-state index contributed by atoms with van der Waals surface area (Å²) in [4.78, 5) is 27.5. The highest BCUT2D eigenvalue weighted by atomic mass is 32.2. The number of rotatable bonds is 14. The zero-order valence-corrected chi connectivity index (χ0v) is 22.2. The number of unbranched alkanes of at least 4 members (excludes halogenated alkanes) is 1. The highest BCUT2D eigenvalue weighted by Crippen LogP contribution is 2.22. The zero-order chi connectivity index (χ0) is 26.7. The first-order valence-corrected chi connectivity index (χ1v) is 13.9. The van der Waals surface area contributed by atoms with E-state index in [1.807, 2.05) is 13.0 Å². The number of para-hydroxylation sites is 1. The van der Waals surface area contributed by atoms with Crippen molar-refractivity contribution >= 4 is 27.5 Å². The van der Waals surface area contributed by atoms with Crippen LogP contribution < -0.4 is 14.4 Å². The third-order valence-corrected chi connectivity index (χ3v) is 6.94. The molecule has 10 heteroatoms. The Hall–Kier alpha value is -3.14. The first kappa shape index (κ1) is 29.1. The van der Waals surface area contributed by atoms with Gasteiger partial charge in [0.05, 0.1) is 19.1 Å². The number of nitrogens with one attached hydrogen (secondary N) is 1. The van der Waals surface area contributed by atoms with E-state index in [9.17, 15) is 22.4 Å². The molecule has 0 unspecified atom stereocenters. The van der Waals surface area contributed by atoms with Gasteiger partial charge < -0.3 is 15.0 Å². The number of benzene rings is 2. The molecule has 198 valence electrons. The van der Waals surface area contributed by atoms with Crippen molar-refractivity contribution in [2.24, 2.45) is 0 Å². The molecule has 0 bridgehead atoms. The minimum atomic E-state index is -3.77. The number of hydrogen-bond acceptors (Lipinski definition) is 5. The van der Waals surface area contributed by atoms with Gasteiger partial charge in [-0.2, -0.15) is 0 Å². The standard InChI is InChI=1S/C26H36FN3O5S/c1-5-6-16-28-26(32)20(2)29(19-21-11-9-12-22(18-21)35-3)25(31)15-10-17-30(36(4,33)34)24-14-8-7-13-23(24)27/h7-9,11-14,18,20H,5-6,10,15-17,19H2,1-4H3,(H,28,32)/t20-/m1/s1. The van der Waals surface area contributed by atoms with Gasteiger partial charge in [-0.1, -0.05) is 37.6 Å². The molecular formula is C26H36FN3O5S. The van der Waals surface area contributed by atoms with E-state index in [1.54, 1.807) is 38.3 Å². The van der Waals surface area contributed by atoms with Crippen LogP contribution in [0.4, 0.5) is 10.1 Å². The molecule has 1 atom stereocenters. The number of nitrogens with zero attached hydrogens (tertiary/aromatic N) is 2. The van der Waals surface area contributed by atoms with Crippen LogP contribution in [0.2, 0.25) is 0 Å². The summed E-state index contributed by atoms with van der Waals surface area (Å²) in [5.74, 6) is -0.596. The van der Waals surface area contributed by atoms with E-state index >= 15 is 0 Å². The monoisotopic (exact) mass is 521 g/mol. The molecule has 36 heavy (non-hydrogen) atoms. The average Bonchev–Trinajstić information content (AvgIpc) is 2.84. The third-order valence-electron chi connectivity index (χ3n) is 5.76. The maximum atomic E-state index is 14.3. The Morgan fingerprint density at radius 3 is 2.47 bits per heavy atom. The molecule has 0 aromatic heterocycles. The van der Waals surface area contributed by atoms with Crippen LogP contribution in [0.1, 0.15) is 45.1 Å². The summed E-state index contributed by atoms with van der Waals surface area (Å²) in [5, 5.41) is 2.86. The van der Waals surface area contributed by atoms with Gasteiger partial charge in [-0.05, 0) is 49.6 Å². The Bertz CT molecular complexity index is 1130. The fourth-order valence-corrected chi connectivity index (χ4v) is 4.69. The number of anilines is 1. The summed E-state index contributed by atoms with van der Waals surface area (Å²) in [7, 11) is -2.22. The Balaban J connectivity index is 2.17. The van der Waals surface area contributed by atoms with E-state index in [4.69, 9.17) is 4.74 Å². The number of hydrogen-bond donors (Lipinski definition) is 1. The number of methoxy groups -OCH3 is 1. The van der Waals surface area contributed by atoms with Crippen LogP contribution in [0.25, 0.3) is 0 Å². The maximum absolute atomic E-state index is 14.3. The van der Waals surface area contributed by atoms with Gasteiger partial charge in [0.15, 0.2) is 0 Å². The van der Waals surface area contributed by atoms with Crippen LogP contribution in [0.15, 0.2) is 48.5 Å². The minimum absolute atomic E-state index is 0.0168. The Morgan fingerprint density at radius 2 is 1.83 bits per heavy atom. The highest BCUT2D eigenvalue weighted by Gasteiger charge is 2.27. The predicted molar refractivity (Wildman–Crippen MR) is 139 cm³/mol. The lowest BCUT2D eigenvalue weighted by Gasteiger charge is -2.29. The number of carbonyl (C=O) groups is 2. The Kier molecular flexibility index (Phi) is 11.2. The van der Waals surface area contributed by atoms with E-state index in [1.165, 1.54) is 23.1 Å². The molecule has 2 amide bonds. The molecule has 2 aromatic carbocycles. The lowest BCUT2D eigenvalue weighted by molar-refractivity contribution is -0.140. The van der Waals surface area contributed by atoms with Gasteiger partial charge in [0.2, 0.25) is 21.8 Å². The summed E-state index contributed by atoms with van der Waals surface area (Å²) in [6.45, 7) is 4.32. The molecule has 8 nitrogen and oxygen atoms in total.